The molecule has 2 aromatic rings. The maximum absolute atomic E-state index is 13.7. The van der Waals surface area contributed by atoms with E-state index in [2.05, 4.69) is 10.1 Å². The highest BCUT2D eigenvalue weighted by molar-refractivity contribution is 8.00. The number of nitrogens with two attached hydrogens (primary N) is 1. The van der Waals surface area contributed by atoms with E-state index in [1.165, 1.54) is 30.8 Å². The molecule has 0 saturated carbocycles. The molecule has 0 spiro atoms. The number of para-hydroxylation sites is 1. The number of carboxylic acids is 1. The van der Waals surface area contributed by atoms with Crippen LogP contribution in [0.5, 0.6) is 5.75 Å². The predicted octanol–water partition coefficient (Wildman–Crippen LogP) is 1.82. The van der Waals surface area contributed by atoms with Crippen molar-refractivity contribution in [2.75, 3.05) is 18.1 Å². The first-order valence-corrected chi connectivity index (χ1v) is 11.6. The summed E-state index contributed by atoms with van der Waals surface area (Å²) in [5.74, 6) is -2.14. The van der Waals surface area contributed by atoms with E-state index in [0.29, 0.717) is 0 Å². The lowest BCUT2D eigenvalue weighted by Gasteiger charge is -2.23. The van der Waals surface area contributed by atoms with Gasteiger partial charge >= 0.3 is 19.4 Å². The SMILES string of the molecule is C[C@H](NP(=O)(OC[C@@H]1O[C@H](n2cc(F)c(N)nc2=O)CS1)Oc1ccccc1)C(=O)O. The number of carbonyl (C=O) groups is 1. The van der Waals surface area contributed by atoms with Crippen LogP contribution < -0.4 is 21.0 Å². The van der Waals surface area contributed by atoms with Gasteiger partial charge in [-0.15, -0.1) is 11.8 Å². The lowest BCUT2D eigenvalue weighted by molar-refractivity contribution is -0.138. The first-order valence-electron chi connectivity index (χ1n) is 8.98. The Bertz CT molecular complexity index is 1040. The van der Waals surface area contributed by atoms with E-state index in [4.69, 9.17) is 24.6 Å². The van der Waals surface area contributed by atoms with Crippen LogP contribution >= 0.6 is 19.5 Å². The first-order chi connectivity index (χ1) is 14.7. The van der Waals surface area contributed by atoms with Gasteiger partial charge in [0.2, 0.25) is 0 Å². The molecule has 1 aliphatic rings. The summed E-state index contributed by atoms with van der Waals surface area (Å²) in [7, 11) is -4.10. The quantitative estimate of drug-likeness (QED) is 0.456. The third kappa shape index (κ3) is 6.05. The molecule has 1 fully saturated rings. The molecule has 1 aromatic heterocycles. The van der Waals surface area contributed by atoms with Crippen LogP contribution in [0.1, 0.15) is 13.2 Å². The normalized spacial score (nSPS) is 21.4. The van der Waals surface area contributed by atoms with E-state index in [1.54, 1.807) is 18.2 Å². The molecule has 1 saturated heterocycles. The molecule has 4 N–H and O–H groups in total. The number of aromatic nitrogens is 2. The Hall–Kier alpha value is -2.44. The number of halogens is 1. The number of thioether (sulfide) groups is 1. The van der Waals surface area contributed by atoms with Crippen molar-refractivity contribution in [1.29, 1.82) is 0 Å². The Balaban J connectivity index is 1.67. The zero-order chi connectivity index (χ0) is 22.6. The second kappa shape index (κ2) is 9.79. The van der Waals surface area contributed by atoms with Crippen molar-refractivity contribution in [3.63, 3.8) is 0 Å². The molecule has 11 nitrogen and oxygen atoms in total. The minimum atomic E-state index is -4.10. The highest BCUT2D eigenvalue weighted by atomic mass is 32.2. The van der Waals surface area contributed by atoms with Gasteiger partial charge in [0.05, 0.1) is 12.8 Å². The molecule has 2 heterocycles. The summed E-state index contributed by atoms with van der Waals surface area (Å²) in [5, 5.41) is 11.5. The average molecular weight is 474 g/mol. The van der Waals surface area contributed by atoms with E-state index in [0.717, 1.165) is 10.8 Å². The molecule has 0 amide bonds. The van der Waals surface area contributed by atoms with E-state index < -0.39 is 48.7 Å². The van der Waals surface area contributed by atoms with Crippen LogP contribution in [0.25, 0.3) is 0 Å². The maximum Gasteiger partial charge on any atom is 0.459 e. The van der Waals surface area contributed by atoms with Gasteiger partial charge in [-0.2, -0.15) is 10.1 Å². The maximum atomic E-state index is 13.7. The summed E-state index contributed by atoms with van der Waals surface area (Å²) in [6, 6.07) is 6.88. The molecule has 14 heteroatoms. The lowest BCUT2D eigenvalue weighted by atomic mass is 10.3. The molecule has 4 atom stereocenters. The van der Waals surface area contributed by atoms with Gasteiger partial charge in [0.15, 0.2) is 11.6 Å². The van der Waals surface area contributed by atoms with Crippen molar-refractivity contribution in [3.8, 4) is 5.75 Å². The standard InChI is InChI=1S/C17H20FN4O7PS/c1-10(16(23)24)21-30(26,29-11-5-3-2-4-6-11)27-8-14-28-13(9-31-14)22-7-12(18)15(19)20-17(22)25/h2-7,10,13-14H,8-9H2,1H3,(H,21,26)(H,23,24)(H2,19,20,25)/t10-,13-,14+,30?/m0/s1. The number of benzene rings is 1. The minimum Gasteiger partial charge on any atom is -0.480 e. The minimum absolute atomic E-state index is 0.212. The number of nitrogens with one attached hydrogen (secondary N) is 1. The number of aliphatic carboxylic acids is 1. The van der Waals surface area contributed by atoms with Gasteiger partial charge in [-0.3, -0.25) is 13.9 Å². The molecule has 3 rings (SSSR count). The molecular weight excluding hydrogens is 454 g/mol. The van der Waals surface area contributed by atoms with Gasteiger partial charge in [0, 0.05) is 5.75 Å². The molecule has 0 bridgehead atoms. The zero-order valence-electron chi connectivity index (χ0n) is 16.2. The lowest BCUT2D eigenvalue weighted by Crippen LogP contribution is -2.34. The van der Waals surface area contributed by atoms with E-state index in [-0.39, 0.29) is 18.1 Å². The molecular formula is C17H20FN4O7PS. The second-order valence-electron chi connectivity index (χ2n) is 6.40. The van der Waals surface area contributed by atoms with Gasteiger partial charge in [0.1, 0.15) is 23.5 Å². The molecule has 0 radical (unpaired) electrons. The summed E-state index contributed by atoms with van der Waals surface area (Å²) in [4.78, 5) is 26.5. The average Bonchev–Trinajstić information content (AvgIpc) is 3.19. The van der Waals surface area contributed by atoms with E-state index in [1.807, 2.05) is 0 Å². The summed E-state index contributed by atoms with van der Waals surface area (Å²) < 4.78 is 44.2. The van der Waals surface area contributed by atoms with Gasteiger partial charge in [-0.1, -0.05) is 18.2 Å². The van der Waals surface area contributed by atoms with Crippen LogP contribution in [0, 0.1) is 5.82 Å². The predicted molar refractivity (Wildman–Crippen MR) is 110 cm³/mol. The number of hydrogen-bond donors (Lipinski definition) is 3. The van der Waals surface area contributed by atoms with Crippen LogP contribution in [-0.4, -0.2) is 44.5 Å². The molecule has 1 aliphatic heterocycles. The third-order valence-corrected chi connectivity index (χ3v) is 6.79. The number of carboxylic acid groups (broad SMARTS) is 1. The molecule has 1 aromatic carbocycles. The van der Waals surface area contributed by atoms with Gasteiger partial charge in [0.25, 0.3) is 0 Å². The summed E-state index contributed by atoms with van der Waals surface area (Å²) >= 11 is 1.23. The zero-order valence-corrected chi connectivity index (χ0v) is 17.9. The van der Waals surface area contributed by atoms with E-state index >= 15 is 0 Å². The largest absolute Gasteiger partial charge is 0.480 e. The Kier molecular flexibility index (Phi) is 7.34. The second-order valence-corrected chi connectivity index (χ2v) is 9.29. The highest BCUT2D eigenvalue weighted by Gasteiger charge is 2.35. The van der Waals surface area contributed by atoms with Crippen LogP contribution in [0.15, 0.2) is 41.3 Å². The number of hydrogen-bond acceptors (Lipinski definition) is 9. The number of rotatable bonds is 9. The third-order valence-electron chi connectivity index (χ3n) is 4.05. The van der Waals surface area contributed by atoms with Crippen molar-refractivity contribution in [1.82, 2.24) is 14.6 Å². The van der Waals surface area contributed by atoms with Crippen molar-refractivity contribution in [3.05, 3.63) is 52.8 Å². The van der Waals surface area contributed by atoms with E-state index in [9.17, 15) is 18.5 Å². The molecule has 168 valence electrons. The fourth-order valence-corrected chi connectivity index (χ4v) is 5.09. The fraction of sp³-hybridized carbons (Fsp3) is 0.353. The van der Waals surface area contributed by atoms with Crippen molar-refractivity contribution in [2.45, 2.75) is 24.6 Å². The summed E-state index contributed by atoms with van der Waals surface area (Å²) in [6.07, 6.45) is 0.0626. The Morgan fingerprint density at radius 1 is 1.52 bits per heavy atom. The molecule has 31 heavy (non-hydrogen) atoms. The van der Waals surface area contributed by atoms with Crippen LogP contribution in [-0.2, 0) is 18.6 Å². The van der Waals surface area contributed by atoms with Gasteiger partial charge in [-0.05, 0) is 19.1 Å². The fourth-order valence-electron chi connectivity index (χ4n) is 2.50. The summed E-state index contributed by atoms with van der Waals surface area (Å²) in [6.45, 7) is 1.03. The van der Waals surface area contributed by atoms with Crippen molar-refractivity contribution in [2.24, 2.45) is 0 Å². The monoisotopic (exact) mass is 474 g/mol. The molecule has 0 aliphatic carbocycles. The molecule has 1 unspecified atom stereocenters. The number of nitrogens with zero attached hydrogens (tertiary/aromatic N) is 2. The Morgan fingerprint density at radius 2 is 2.23 bits per heavy atom. The van der Waals surface area contributed by atoms with Crippen LogP contribution in [0.3, 0.4) is 0 Å². The van der Waals surface area contributed by atoms with Gasteiger partial charge < -0.3 is 20.1 Å². The first kappa shape index (κ1) is 23.2. The van der Waals surface area contributed by atoms with Crippen LogP contribution in [0.2, 0.25) is 0 Å². The number of ether oxygens (including phenoxy) is 1. The Morgan fingerprint density at radius 3 is 2.90 bits per heavy atom. The van der Waals surface area contributed by atoms with Crippen LogP contribution in [0.4, 0.5) is 10.2 Å². The smallest absolute Gasteiger partial charge is 0.459 e. The number of nitrogen functional groups attached to an aromatic ring is 1. The Labute approximate surface area is 180 Å². The van der Waals surface area contributed by atoms with Crippen molar-refractivity contribution >= 4 is 31.3 Å². The summed E-state index contributed by atoms with van der Waals surface area (Å²) in [5.41, 5.74) is 3.81. The highest BCUT2D eigenvalue weighted by Crippen LogP contribution is 2.46. The van der Waals surface area contributed by atoms with Crippen molar-refractivity contribution < 1.29 is 32.6 Å². The van der Waals surface area contributed by atoms with Gasteiger partial charge in [-0.25, -0.2) is 13.8 Å². The number of anilines is 1. The topological polar surface area (TPSA) is 155 Å².